The normalized spacial score (nSPS) is 18.7. The van der Waals surface area contributed by atoms with Gasteiger partial charge >= 0.3 is 0 Å². The minimum atomic E-state index is 0.0611. The van der Waals surface area contributed by atoms with Gasteiger partial charge in [-0.25, -0.2) is 0 Å². The van der Waals surface area contributed by atoms with Gasteiger partial charge < -0.3 is 14.8 Å². The number of fused-ring (bicyclic) bond motifs is 1. The molecule has 5 nitrogen and oxygen atoms in total. The molecule has 1 aromatic heterocycles. The van der Waals surface area contributed by atoms with Crippen LogP contribution in [0.1, 0.15) is 71.5 Å². The Morgan fingerprint density at radius 2 is 1.88 bits per heavy atom. The molecule has 1 aromatic rings. The zero-order chi connectivity index (χ0) is 17.1. The van der Waals surface area contributed by atoms with E-state index in [4.69, 9.17) is 0 Å². The van der Waals surface area contributed by atoms with Crippen molar-refractivity contribution >= 4 is 11.7 Å². The second kappa shape index (κ2) is 7.51. The van der Waals surface area contributed by atoms with Gasteiger partial charge in [0.25, 0.3) is 5.91 Å². The molecule has 1 amide bonds. The SMILES string of the molecule is CN(C)CCN(C(=O)c1cc2c([nH]1)CCCC2=O)C1CCCCC1. The number of carbonyl (C=O) groups excluding carboxylic acids is 2. The summed E-state index contributed by atoms with van der Waals surface area (Å²) in [5, 5.41) is 0. The lowest BCUT2D eigenvalue weighted by Gasteiger charge is -2.35. The molecular weight excluding hydrogens is 302 g/mol. The Labute approximate surface area is 144 Å². The molecule has 2 aliphatic carbocycles. The molecule has 0 aromatic carbocycles. The van der Waals surface area contributed by atoms with Crippen LogP contribution in [0.5, 0.6) is 0 Å². The molecule has 0 radical (unpaired) electrons. The quantitative estimate of drug-likeness (QED) is 0.902. The molecule has 5 heteroatoms. The number of amides is 1. The summed E-state index contributed by atoms with van der Waals surface area (Å²) < 4.78 is 0. The number of H-pyrrole nitrogens is 1. The Hall–Kier alpha value is -1.62. The predicted molar refractivity (Wildman–Crippen MR) is 94.5 cm³/mol. The van der Waals surface area contributed by atoms with Crippen molar-refractivity contribution in [3.05, 3.63) is 23.0 Å². The number of aromatic amines is 1. The molecule has 0 bridgehead atoms. The number of aryl methyl sites for hydroxylation is 1. The van der Waals surface area contributed by atoms with Crippen LogP contribution in [-0.4, -0.2) is 59.7 Å². The Morgan fingerprint density at radius 3 is 2.54 bits per heavy atom. The van der Waals surface area contributed by atoms with Crippen LogP contribution in [0.2, 0.25) is 0 Å². The van der Waals surface area contributed by atoms with Gasteiger partial charge in [0, 0.05) is 36.8 Å². The molecule has 1 fully saturated rings. The van der Waals surface area contributed by atoms with Crippen molar-refractivity contribution in [2.45, 2.75) is 57.4 Å². The summed E-state index contributed by atoms with van der Waals surface area (Å²) in [7, 11) is 4.07. The van der Waals surface area contributed by atoms with E-state index in [-0.39, 0.29) is 11.7 Å². The van der Waals surface area contributed by atoms with Gasteiger partial charge in [0.1, 0.15) is 5.69 Å². The first-order valence-electron chi connectivity index (χ1n) is 9.27. The van der Waals surface area contributed by atoms with Gasteiger partial charge in [-0.2, -0.15) is 0 Å². The van der Waals surface area contributed by atoms with E-state index in [2.05, 4.69) is 9.88 Å². The van der Waals surface area contributed by atoms with E-state index < -0.39 is 0 Å². The number of aromatic nitrogens is 1. The number of nitrogens with zero attached hydrogens (tertiary/aromatic N) is 2. The summed E-state index contributed by atoms with van der Waals surface area (Å²) in [6, 6.07) is 2.13. The topological polar surface area (TPSA) is 56.4 Å². The van der Waals surface area contributed by atoms with Crippen molar-refractivity contribution in [2.75, 3.05) is 27.2 Å². The monoisotopic (exact) mass is 331 g/mol. The zero-order valence-electron chi connectivity index (χ0n) is 14.9. The first-order valence-corrected chi connectivity index (χ1v) is 9.27. The van der Waals surface area contributed by atoms with Crippen molar-refractivity contribution in [1.82, 2.24) is 14.8 Å². The molecule has 0 saturated heterocycles. The highest BCUT2D eigenvalue weighted by atomic mass is 16.2. The van der Waals surface area contributed by atoms with Crippen LogP contribution in [0.15, 0.2) is 6.07 Å². The van der Waals surface area contributed by atoms with Gasteiger partial charge in [-0.1, -0.05) is 19.3 Å². The number of Topliss-reactive ketones (excluding diaryl/α,β-unsaturated/α-hetero) is 1. The number of hydrogen-bond acceptors (Lipinski definition) is 3. The standard InChI is InChI=1S/C19H29N3O2/c1-21(2)11-12-22(14-7-4-3-5-8-14)19(24)17-13-15-16(20-17)9-6-10-18(15)23/h13-14,20H,3-12H2,1-2H3. The van der Waals surface area contributed by atoms with Crippen LogP contribution < -0.4 is 0 Å². The lowest BCUT2D eigenvalue weighted by atomic mass is 9.94. The third kappa shape index (κ3) is 3.72. The van der Waals surface area contributed by atoms with Crippen molar-refractivity contribution in [3.8, 4) is 0 Å². The fourth-order valence-electron chi connectivity index (χ4n) is 3.92. The molecule has 1 N–H and O–H groups in total. The minimum Gasteiger partial charge on any atom is -0.354 e. The molecule has 0 atom stereocenters. The van der Waals surface area contributed by atoms with Gasteiger partial charge in [0.05, 0.1) is 0 Å². The average Bonchev–Trinajstić information content (AvgIpc) is 3.01. The fraction of sp³-hybridized carbons (Fsp3) is 0.684. The molecule has 132 valence electrons. The summed E-state index contributed by atoms with van der Waals surface area (Å²) >= 11 is 0. The van der Waals surface area contributed by atoms with Crippen LogP contribution >= 0.6 is 0 Å². The molecule has 0 aliphatic heterocycles. The van der Waals surface area contributed by atoms with Crippen molar-refractivity contribution < 1.29 is 9.59 Å². The van der Waals surface area contributed by atoms with Crippen molar-refractivity contribution in [1.29, 1.82) is 0 Å². The van der Waals surface area contributed by atoms with Crippen molar-refractivity contribution in [3.63, 3.8) is 0 Å². The highest BCUT2D eigenvalue weighted by Gasteiger charge is 2.29. The van der Waals surface area contributed by atoms with E-state index in [0.29, 0.717) is 18.2 Å². The Bertz CT molecular complexity index is 600. The summed E-state index contributed by atoms with van der Waals surface area (Å²) in [6.07, 6.45) is 8.23. The summed E-state index contributed by atoms with van der Waals surface area (Å²) in [4.78, 5) is 32.6. The van der Waals surface area contributed by atoms with Crippen LogP contribution in [0.25, 0.3) is 0 Å². The maximum Gasteiger partial charge on any atom is 0.270 e. The maximum absolute atomic E-state index is 13.1. The molecule has 2 aliphatic rings. The maximum atomic E-state index is 13.1. The van der Waals surface area contributed by atoms with Gasteiger partial charge in [-0.15, -0.1) is 0 Å². The molecule has 24 heavy (non-hydrogen) atoms. The molecule has 3 rings (SSSR count). The van der Waals surface area contributed by atoms with Crippen LogP contribution in [0.3, 0.4) is 0 Å². The largest absolute Gasteiger partial charge is 0.354 e. The van der Waals surface area contributed by atoms with E-state index in [1.54, 1.807) is 6.07 Å². The molecule has 1 saturated carbocycles. The fourth-order valence-corrected chi connectivity index (χ4v) is 3.92. The molecule has 0 spiro atoms. The smallest absolute Gasteiger partial charge is 0.270 e. The van der Waals surface area contributed by atoms with E-state index in [1.807, 2.05) is 19.0 Å². The van der Waals surface area contributed by atoms with Gasteiger partial charge in [0.15, 0.2) is 5.78 Å². The lowest BCUT2D eigenvalue weighted by Crippen LogP contribution is -2.44. The predicted octanol–water partition coefficient (Wildman–Crippen LogP) is 2.87. The van der Waals surface area contributed by atoms with Gasteiger partial charge in [0.2, 0.25) is 0 Å². The summed E-state index contributed by atoms with van der Waals surface area (Å²) in [5.41, 5.74) is 2.28. The van der Waals surface area contributed by atoms with Gasteiger partial charge in [-0.3, -0.25) is 9.59 Å². The Kier molecular flexibility index (Phi) is 5.39. The van der Waals surface area contributed by atoms with E-state index >= 15 is 0 Å². The summed E-state index contributed by atoms with van der Waals surface area (Å²) in [5.74, 6) is 0.231. The Balaban J connectivity index is 1.80. The van der Waals surface area contributed by atoms with Crippen LogP contribution in [0.4, 0.5) is 0 Å². The summed E-state index contributed by atoms with van der Waals surface area (Å²) in [6.45, 7) is 1.61. The number of hydrogen-bond donors (Lipinski definition) is 1. The third-order valence-electron chi connectivity index (χ3n) is 5.33. The Morgan fingerprint density at radius 1 is 1.12 bits per heavy atom. The minimum absolute atomic E-state index is 0.0611. The third-order valence-corrected chi connectivity index (χ3v) is 5.33. The number of carbonyl (C=O) groups is 2. The van der Waals surface area contributed by atoms with Crippen molar-refractivity contribution in [2.24, 2.45) is 0 Å². The van der Waals surface area contributed by atoms with E-state index in [9.17, 15) is 9.59 Å². The zero-order valence-corrected chi connectivity index (χ0v) is 14.9. The average molecular weight is 331 g/mol. The second-order valence-corrected chi connectivity index (χ2v) is 7.45. The van der Waals surface area contributed by atoms with Crippen LogP contribution in [0, 0.1) is 0 Å². The second-order valence-electron chi connectivity index (χ2n) is 7.45. The highest BCUT2D eigenvalue weighted by Crippen LogP contribution is 2.26. The highest BCUT2D eigenvalue weighted by molar-refractivity contribution is 6.02. The van der Waals surface area contributed by atoms with E-state index in [1.165, 1.54) is 19.3 Å². The first-order chi connectivity index (χ1) is 11.6. The number of likely N-dealkylation sites (N-methyl/N-ethyl adjacent to an activating group) is 1. The van der Waals surface area contributed by atoms with E-state index in [0.717, 1.165) is 50.0 Å². The number of rotatable bonds is 5. The molecule has 1 heterocycles. The first kappa shape index (κ1) is 17.2. The van der Waals surface area contributed by atoms with Gasteiger partial charge in [-0.05, 0) is 45.8 Å². The lowest BCUT2D eigenvalue weighted by molar-refractivity contribution is 0.0613. The molecular formula is C19H29N3O2. The van der Waals surface area contributed by atoms with Crippen LogP contribution in [-0.2, 0) is 6.42 Å². The molecule has 0 unspecified atom stereocenters. The number of ketones is 1. The number of nitrogens with one attached hydrogen (secondary N) is 1.